The SMILES string of the molecule is CCC1CCC(NC)C(Cc2ccccc2Cl)C1. The van der Waals surface area contributed by atoms with E-state index in [1.54, 1.807) is 0 Å². The van der Waals surface area contributed by atoms with Crippen LogP contribution in [0, 0.1) is 11.8 Å². The van der Waals surface area contributed by atoms with Gasteiger partial charge in [-0.2, -0.15) is 0 Å². The maximum atomic E-state index is 6.28. The first-order chi connectivity index (χ1) is 8.74. The largest absolute Gasteiger partial charge is 0.317 e. The second kappa shape index (κ2) is 6.58. The van der Waals surface area contributed by atoms with E-state index in [9.17, 15) is 0 Å². The van der Waals surface area contributed by atoms with E-state index in [0.717, 1.165) is 23.3 Å². The van der Waals surface area contributed by atoms with E-state index in [4.69, 9.17) is 11.6 Å². The molecule has 1 aromatic carbocycles. The van der Waals surface area contributed by atoms with Gasteiger partial charge < -0.3 is 5.32 Å². The Labute approximate surface area is 116 Å². The van der Waals surface area contributed by atoms with E-state index in [1.165, 1.54) is 31.2 Å². The highest BCUT2D eigenvalue weighted by Gasteiger charge is 2.29. The maximum Gasteiger partial charge on any atom is 0.0438 e. The highest BCUT2D eigenvalue weighted by molar-refractivity contribution is 6.31. The van der Waals surface area contributed by atoms with Gasteiger partial charge in [0, 0.05) is 11.1 Å². The molecule has 1 saturated carbocycles. The van der Waals surface area contributed by atoms with Crippen molar-refractivity contribution in [2.75, 3.05) is 7.05 Å². The number of rotatable bonds is 4. The zero-order valence-electron chi connectivity index (χ0n) is 11.5. The smallest absolute Gasteiger partial charge is 0.0438 e. The molecule has 2 rings (SSSR count). The Balaban J connectivity index is 2.07. The van der Waals surface area contributed by atoms with E-state index >= 15 is 0 Å². The molecule has 0 saturated heterocycles. The first kappa shape index (κ1) is 13.9. The molecule has 100 valence electrons. The Morgan fingerprint density at radius 1 is 1.28 bits per heavy atom. The third-order valence-corrected chi connectivity index (χ3v) is 4.85. The predicted octanol–water partition coefficient (Wildman–Crippen LogP) is 4.30. The van der Waals surface area contributed by atoms with Gasteiger partial charge in [0.25, 0.3) is 0 Å². The number of benzene rings is 1. The Bertz CT molecular complexity index is 377. The molecule has 0 radical (unpaired) electrons. The summed E-state index contributed by atoms with van der Waals surface area (Å²) in [6, 6.07) is 8.94. The molecule has 0 bridgehead atoms. The molecule has 0 amide bonds. The normalized spacial score (nSPS) is 28.3. The summed E-state index contributed by atoms with van der Waals surface area (Å²) in [5.41, 5.74) is 1.31. The minimum Gasteiger partial charge on any atom is -0.317 e. The van der Waals surface area contributed by atoms with Gasteiger partial charge in [-0.25, -0.2) is 0 Å². The average molecular weight is 266 g/mol. The van der Waals surface area contributed by atoms with Crippen LogP contribution < -0.4 is 5.32 Å². The standard InChI is InChI=1S/C16H24ClN/c1-3-12-8-9-16(18-2)14(10-12)11-13-6-4-5-7-15(13)17/h4-7,12,14,16,18H,3,8-11H2,1-2H3. The topological polar surface area (TPSA) is 12.0 Å². The van der Waals surface area contributed by atoms with Crippen LogP contribution in [-0.2, 0) is 6.42 Å². The Morgan fingerprint density at radius 2 is 2.06 bits per heavy atom. The van der Waals surface area contributed by atoms with Crippen LogP contribution in [0.4, 0.5) is 0 Å². The molecular weight excluding hydrogens is 242 g/mol. The Morgan fingerprint density at radius 3 is 2.72 bits per heavy atom. The summed E-state index contributed by atoms with van der Waals surface area (Å²) in [6.45, 7) is 2.32. The highest BCUT2D eigenvalue weighted by Crippen LogP contribution is 2.34. The van der Waals surface area contributed by atoms with Gasteiger partial charge in [-0.05, 0) is 56.2 Å². The van der Waals surface area contributed by atoms with Crippen LogP contribution in [-0.4, -0.2) is 13.1 Å². The summed E-state index contributed by atoms with van der Waals surface area (Å²) in [7, 11) is 2.09. The monoisotopic (exact) mass is 265 g/mol. The number of nitrogens with one attached hydrogen (secondary N) is 1. The summed E-state index contributed by atoms with van der Waals surface area (Å²) in [5, 5.41) is 4.42. The lowest BCUT2D eigenvalue weighted by molar-refractivity contribution is 0.205. The zero-order chi connectivity index (χ0) is 13.0. The van der Waals surface area contributed by atoms with E-state index in [2.05, 4.69) is 31.4 Å². The third-order valence-electron chi connectivity index (χ3n) is 4.48. The predicted molar refractivity (Wildman–Crippen MR) is 79.1 cm³/mol. The summed E-state index contributed by atoms with van der Waals surface area (Å²) in [4.78, 5) is 0. The van der Waals surface area contributed by atoms with Crippen molar-refractivity contribution >= 4 is 11.6 Å². The molecule has 1 nitrogen and oxygen atoms in total. The van der Waals surface area contributed by atoms with Gasteiger partial charge in [0.2, 0.25) is 0 Å². The van der Waals surface area contributed by atoms with E-state index in [1.807, 2.05) is 12.1 Å². The van der Waals surface area contributed by atoms with Gasteiger partial charge in [-0.15, -0.1) is 0 Å². The molecule has 1 aliphatic carbocycles. The lowest BCUT2D eigenvalue weighted by Gasteiger charge is -2.36. The van der Waals surface area contributed by atoms with Crippen LogP contribution in [0.25, 0.3) is 0 Å². The van der Waals surface area contributed by atoms with Crippen molar-refractivity contribution in [3.63, 3.8) is 0 Å². The van der Waals surface area contributed by atoms with Crippen molar-refractivity contribution in [3.05, 3.63) is 34.9 Å². The number of hydrogen-bond donors (Lipinski definition) is 1. The fourth-order valence-corrected chi connectivity index (χ4v) is 3.50. The third kappa shape index (κ3) is 3.27. The first-order valence-electron chi connectivity index (χ1n) is 7.15. The van der Waals surface area contributed by atoms with Crippen LogP contribution in [0.2, 0.25) is 5.02 Å². The zero-order valence-corrected chi connectivity index (χ0v) is 12.2. The first-order valence-corrected chi connectivity index (χ1v) is 7.53. The fraction of sp³-hybridized carbons (Fsp3) is 0.625. The van der Waals surface area contributed by atoms with E-state index in [0.29, 0.717) is 6.04 Å². The second-order valence-corrected chi connectivity index (χ2v) is 5.95. The minimum atomic E-state index is 0.657. The number of halogens is 1. The maximum absolute atomic E-state index is 6.28. The molecule has 0 heterocycles. The van der Waals surface area contributed by atoms with Crippen molar-refractivity contribution in [3.8, 4) is 0 Å². The van der Waals surface area contributed by atoms with E-state index in [-0.39, 0.29) is 0 Å². The second-order valence-electron chi connectivity index (χ2n) is 5.54. The Hall–Kier alpha value is -0.530. The molecule has 1 aromatic rings. The molecule has 0 spiro atoms. The summed E-state index contributed by atoms with van der Waals surface area (Å²) in [5.74, 6) is 1.63. The van der Waals surface area contributed by atoms with Crippen LogP contribution in [0.3, 0.4) is 0 Å². The lowest BCUT2D eigenvalue weighted by Crippen LogP contribution is -2.39. The highest BCUT2D eigenvalue weighted by atomic mass is 35.5. The molecule has 3 unspecified atom stereocenters. The molecule has 0 aromatic heterocycles. The fourth-order valence-electron chi connectivity index (χ4n) is 3.28. The van der Waals surface area contributed by atoms with Gasteiger partial charge in [0.1, 0.15) is 0 Å². The summed E-state index contributed by atoms with van der Waals surface area (Å²) < 4.78 is 0. The van der Waals surface area contributed by atoms with Gasteiger partial charge in [0.15, 0.2) is 0 Å². The van der Waals surface area contributed by atoms with Gasteiger partial charge in [0.05, 0.1) is 0 Å². The van der Waals surface area contributed by atoms with Crippen LogP contribution in [0.1, 0.15) is 38.2 Å². The van der Waals surface area contributed by atoms with Crippen molar-refractivity contribution in [2.45, 2.75) is 45.1 Å². The van der Waals surface area contributed by atoms with E-state index < -0.39 is 0 Å². The van der Waals surface area contributed by atoms with Crippen molar-refractivity contribution < 1.29 is 0 Å². The van der Waals surface area contributed by atoms with Crippen molar-refractivity contribution in [2.24, 2.45) is 11.8 Å². The molecule has 1 N–H and O–H groups in total. The molecular formula is C16H24ClN. The minimum absolute atomic E-state index is 0.657. The molecule has 1 fully saturated rings. The molecule has 1 aliphatic rings. The summed E-state index contributed by atoms with van der Waals surface area (Å²) in [6.07, 6.45) is 6.45. The van der Waals surface area contributed by atoms with Gasteiger partial charge in [-0.1, -0.05) is 43.1 Å². The van der Waals surface area contributed by atoms with Crippen molar-refractivity contribution in [1.29, 1.82) is 0 Å². The number of hydrogen-bond acceptors (Lipinski definition) is 1. The summed E-state index contributed by atoms with van der Waals surface area (Å²) >= 11 is 6.28. The van der Waals surface area contributed by atoms with Gasteiger partial charge >= 0.3 is 0 Å². The molecule has 18 heavy (non-hydrogen) atoms. The van der Waals surface area contributed by atoms with Crippen LogP contribution in [0.15, 0.2) is 24.3 Å². The average Bonchev–Trinajstić information content (AvgIpc) is 2.41. The van der Waals surface area contributed by atoms with Gasteiger partial charge in [-0.3, -0.25) is 0 Å². The molecule has 0 aliphatic heterocycles. The lowest BCUT2D eigenvalue weighted by atomic mass is 9.74. The van der Waals surface area contributed by atoms with Crippen LogP contribution >= 0.6 is 11.6 Å². The molecule has 2 heteroatoms. The van der Waals surface area contributed by atoms with Crippen molar-refractivity contribution in [1.82, 2.24) is 5.32 Å². The van der Waals surface area contributed by atoms with Crippen LogP contribution in [0.5, 0.6) is 0 Å². The molecule has 3 atom stereocenters. The quantitative estimate of drug-likeness (QED) is 0.856. The Kier molecular flexibility index (Phi) is 5.08.